The molecule has 0 fully saturated rings. The maximum Gasteiger partial charge on any atom is 0.254 e. The number of nitrogens with one attached hydrogen (secondary N) is 2. The summed E-state index contributed by atoms with van der Waals surface area (Å²) in [7, 11) is 0. The zero-order valence-corrected chi connectivity index (χ0v) is 19.1. The summed E-state index contributed by atoms with van der Waals surface area (Å²) in [6.07, 6.45) is -2.98. The van der Waals surface area contributed by atoms with Crippen molar-refractivity contribution in [2.45, 2.75) is 39.0 Å². The summed E-state index contributed by atoms with van der Waals surface area (Å²) < 4.78 is 0. The number of amides is 2. The molecule has 0 aliphatic rings. The van der Waals surface area contributed by atoms with Crippen LogP contribution in [0.4, 0.5) is 5.69 Å². The molecule has 0 aromatic heterocycles. The number of para-hydroxylation sites is 1. The summed E-state index contributed by atoms with van der Waals surface area (Å²) in [5.74, 6) is -1.42. The van der Waals surface area contributed by atoms with E-state index < -0.39 is 24.0 Å². The van der Waals surface area contributed by atoms with Gasteiger partial charge in [-0.1, -0.05) is 49.4 Å². The fourth-order valence-corrected chi connectivity index (χ4v) is 3.28. The highest BCUT2D eigenvalue weighted by Gasteiger charge is 2.33. The van der Waals surface area contributed by atoms with Gasteiger partial charge in [-0.25, -0.2) is 0 Å². The molecular formula is C25H32N4O4. The van der Waals surface area contributed by atoms with E-state index in [4.69, 9.17) is 5.26 Å². The molecule has 2 aromatic carbocycles. The summed E-state index contributed by atoms with van der Waals surface area (Å²) in [5.41, 5.74) is 2.21. The second-order valence-corrected chi connectivity index (χ2v) is 7.95. The first kappa shape index (κ1) is 25.8. The van der Waals surface area contributed by atoms with Crippen LogP contribution in [0.15, 0.2) is 54.6 Å². The van der Waals surface area contributed by atoms with Crippen molar-refractivity contribution in [3.05, 3.63) is 65.7 Å². The standard InChI is InChI=1S/C25H32N4O4/c1-3-29(17-19-9-5-4-6-10-19)25(33)23(31)22(30)24(32)28-16-18(2)13-14-27-21-12-8-7-11-20(21)15-26/h4-12,18,22-23,27,30-31H,3,13-14,16-17H2,1-2H3,(H,28,32)/t18?,22-,23-/m1/s1. The van der Waals surface area contributed by atoms with Crippen LogP contribution in [0, 0.1) is 17.2 Å². The lowest BCUT2D eigenvalue weighted by molar-refractivity contribution is -0.153. The largest absolute Gasteiger partial charge is 0.384 e. The Hall–Kier alpha value is -3.41. The number of aliphatic hydroxyl groups excluding tert-OH is 2. The Bertz CT molecular complexity index is 945. The zero-order chi connectivity index (χ0) is 24.2. The number of anilines is 1. The van der Waals surface area contributed by atoms with Crippen LogP contribution in [0.2, 0.25) is 0 Å². The number of hydrogen-bond donors (Lipinski definition) is 4. The first-order chi connectivity index (χ1) is 15.9. The maximum absolute atomic E-state index is 12.6. The highest BCUT2D eigenvalue weighted by atomic mass is 16.3. The molecule has 176 valence electrons. The molecule has 3 atom stereocenters. The SMILES string of the molecule is CCN(Cc1ccccc1)C(=O)[C@H](O)[C@@H](O)C(=O)NCC(C)CCNc1ccccc1C#N. The molecule has 2 aromatic rings. The molecule has 8 nitrogen and oxygen atoms in total. The van der Waals surface area contributed by atoms with Gasteiger partial charge in [-0.2, -0.15) is 5.26 Å². The number of rotatable bonds is 12. The normalized spacial score (nSPS) is 13.3. The van der Waals surface area contributed by atoms with Gasteiger partial charge in [0.2, 0.25) is 0 Å². The fraction of sp³-hybridized carbons (Fsp3) is 0.400. The number of carbonyl (C=O) groups excluding carboxylic acids is 2. The topological polar surface area (TPSA) is 126 Å². The number of nitriles is 1. The second-order valence-electron chi connectivity index (χ2n) is 7.95. The third-order valence-corrected chi connectivity index (χ3v) is 5.36. The predicted octanol–water partition coefficient (Wildman–Crippen LogP) is 1.88. The summed E-state index contributed by atoms with van der Waals surface area (Å²) >= 11 is 0. The van der Waals surface area contributed by atoms with Gasteiger partial charge < -0.3 is 25.7 Å². The molecule has 2 amide bonds. The third kappa shape index (κ3) is 7.90. The van der Waals surface area contributed by atoms with E-state index in [1.54, 1.807) is 19.1 Å². The van der Waals surface area contributed by atoms with E-state index in [1.807, 2.05) is 49.4 Å². The molecule has 0 heterocycles. The highest BCUT2D eigenvalue weighted by molar-refractivity contribution is 5.90. The predicted molar refractivity (Wildman–Crippen MR) is 126 cm³/mol. The maximum atomic E-state index is 12.6. The number of benzene rings is 2. The van der Waals surface area contributed by atoms with E-state index in [0.29, 0.717) is 25.1 Å². The second kappa shape index (κ2) is 13.2. The molecule has 0 spiro atoms. The van der Waals surface area contributed by atoms with Crippen molar-refractivity contribution in [3.8, 4) is 6.07 Å². The Morgan fingerprint density at radius 2 is 1.73 bits per heavy atom. The molecule has 0 radical (unpaired) electrons. The molecule has 1 unspecified atom stereocenters. The molecule has 2 rings (SSSR count). The van der Waals surface area contributed by atoms with Gasteiger partial charge >= 0.3 is 0 Å². The van der Waals surface area contributed by atoms with Crippen molar-refractivity contribution in [1.29, 1.82) is 5.26 Å². The number of carbonyl (C=O) groups is 2. The molecule has 0 bridgehead atoms. The van der Waals surface area contributed by atoms with Crippen molar-refractivity contribution >= 4 is 17.5 Å². The lowest BCUT2D eigenvalue weighted by atomic mass is 10.1. The van der Waals surface area contributed by atoms with Crippen LogP contribution in [0.1, 0.15) is 31.4 Å². The zero-order valence-electron chi connectivity index (χ0n) is 19.1. The summed E-state index contributed by atoms with van der Waals surface area (Å²) in [6.45, 7) is 5.19. The quantitative estimate of drug-likeness (QED) is 0.390. The van der Waals surface area contributed by atoms with E-state index in [2.05, 4.69) is 16.7 Å². The molecule has 4 N–H and O–H groups in total. The number of nitrogens with zero attached hydrogens (tertiary/aromatic N) is 2. The van der Waals surface area contributed by atoms with Gasteiger partial charge in [-0.3, -0.25) is 9.59 Å². The van der Waals surface area contributed by atoms with Gasteiger partial charge in [0.15, 0.2) is 12.2 Å². The van der Waals surface area contributed by atoms with Crippen LogP contribution in [-0.4, -0.2) is 58.8 Å². The molecule has 8 heteroatoms. The van der Waals surface area contributed by atoms with Crippen molar-refractivity contribution in [2.24, 2.45) is 5.92 Å². The van der Waals surface area contributed by atoms with Crippen LogP contribution in [-0.2, 0) is 16.1 Å². The van der Waals surface area contributed by atoms with Crippen LogP contribution >= 0.6 is 0 Å². The Morgan fingerprint density at radius 1 is 1.06 bits per heavy atom. The summed E-state index contributed by atoms with van der Waals surface area (Å²) in [4.78, 5) is 26.3. The first-order valence-corrected chi connectivity index (χ1v) is 11.1. The lowest BCUT2D eigenvalue weighted by Crippen LogP contribution is -2.51. The minimum atomic E-state index is -1.85. The fourth-order valence-electron chi connectivity index (χ4n) is 3.28. The molecule has 0 aliphatic carbocycles. The minimum Gasteiger partial charge on any atom is -0.384 e. The van der Waals surface area contributed by atoms with E-state index in [0.717, 1.165) is 11.3 Å². The van der Waals surface area contributed by atoms with E-state index in [-0.39, 0.29) is 19.0 Å². The Kier molecular flexibility index (Phi) is 10.3. The smallest absolute Gasteiger partial charge is 0.254 e. The first-order valence-electron chi connectivity index (χ1n) is 11.1. The average molecular weight is 453 g/mol. The lowest BCUT2D eigenvalue weighted by Gasteiger charge is -2.26. The number of likely N-dealkylation sites (N-methyl/N-ethyl adjacent to an activating group) is 1. The van der Waals surface area contributed by atoms with E-state index >= 15 is 0 Å². The number of hydrogen-bond acceptors (Lipinski definition) is 6. The Labute approximate surface area is 194 Å². The third-order valence-electron chi connectivity index (χ3n) is 5.36. The molecule has 0 aliphatic heterocycles. The van der Waals surface area contributed by atoms with Gasteiger partial charge in [-0.05, 0) is 37.0 Å². The van der Waals surface area contributed by atoms with Gasteiger partial charge in [0.05, 0.1) is 11.3 Å². The summed E-state index contributed by atoms with van der Waals surface area (Å²) in [6, 6.07) is 18.6. The van der Waals surface area contributed by atoms with Crippen LogP contribution in [0.25, 0.3) is 0 Å². The van der Waals surface area contributed by atoms with Crippen molar-refractivity contribution in [2.75, 3.05) is 25.0 Å². The Morgan fingerprint density at radius 3 is 2.39 bits per heavy atom. The van der Waals surface area contributed by atoms with Gasteiger partial charge in [0.25, 0.3) is 11.8 Å². The van der Waals surface area contributed by atoms with E-state index in [9.17, 15) is 19.8 Å². The number of aliphatic hydroxyl groups is 2. The molecule has 33 heavy (non-hydrogen) atoms. The minimum absolute atomic E-state index is 0.0703. The van der Waals surface area contributed by atoms with Crippen LogP contribution in [0.3, 0.4) is 0 Å². The van der Waals surface area contributed by atoms with Gasteiger partial charge in [-0.15, -0.1) is 0 Å². The van der Waals surface area contributed by atoms with Crippen LogP contribution in [0.5, 0.6) is 0 Å². The monoisotopic (exact) mass is 452 g/mol. The highest BCUT2D eigenvalue weighted by Crippen LogP contribution is 2.14. The van der Waals surface area contributed by atoms with Crippen molar-refractivity contribution < 1.29 is 19.8 Å². The van der Waals surface area contributed by atoms with Crippen molar-refractivity contribution in [1.82, 2.24) is 10.2 Å². The summed E-state index contributed by atoms with van der Waals surface area (Å²) in [5, 5.41) is 35.4. The molecular weight excluding hydrogens is 420 g/mol. The Balaban J connectivity index is 1.78. The van der Waals surface area contributed by atoms with Gasteiger partial charge in [0.1, 0.15) is 6.07 Å². The molecule has 0 saturated carbocycles. The van der Waals surface area contributed by atoms with Gasteiger partial charge in [0, 0.05) is 26.2 Å². The average Bonchev–Trinajstić information content (AvgIpc) is 2.85. The van der Waals surface area contributed by atoms with Crippen molar-refractivity contribution in [3.63, 3.8) is 0 Å². The molecule has 0 saturated heterocycles. The van der Waals surface area contributed by atoms with Crippen LogP contribution < -0.4 is 10.6 Å². The van der Waals surface area contributed by atoms with E-state index in [1.165, 1.54) is 4.90 Å².